The third-order valence-corrected chi connectivity index (χ3v) is 4.42. The summed E-state index contributed by atoms with van der Waals surface area (Å²) in [5, 5.41) is 4.61. The average molecular weight is 308 g/mol. The third kappa shape index (κ3) is 3.35. The van der Waals surface area contributed by atoms with Crippen molar-refractivity contribution in [2.45, 2.75) is 25.3 Å². The number of hydrogen-bond acceptors (Lipinski definition) is 1. The van der Waals surface area contributed by atoms with Crippen molar-refractivity contribution in [1.82, 2.24) is 5.32 Å². The molecule has 0 aliphatic heterocycles. The maximum Gasteiger partial charge on any atom is 0.0595 e. The molecule has 0 aliphatic rings. The van der Waals surface area contributed by atoms with E-state index in [1.54, 1.807) is 0 Å². The zero-order chi connectivity index (χ0) is 14.5. The molecule has 0 amide bonds. The lowest BCUT2D eigenvalue weighted by molar-refractivity contribution is 0.468. The Morgan fingerprint density at radius 3 is 2.20 bits per heavy atom. The minimum absolute atomic E-state index is 0.220. The van der Waals surface area contributed by atoms with Crippen LogP contribution in [-0.4, -0.2) is 7.05 Å². The van der Waals surface area contributed by atoms with Crippen LogP contribution in [0.4, 0.5) is 0 Å². The summed E-state index contributed by atoms with van der Waals surface area (Å²) in [4.78, 5) is 0. The first-order valence-electron chi connectivity index (χ1n) is 6.84. The largest absolute Gasteiger partial charge is 0.312 e. The number of hydrogen-bond donors (Lipinski definition) is 1. The number of benzene rings is 2. The second-order valence-electron chi connectivity index (χ2n) is 4.87. The van der Waals surface area contributed by atoms with Gasteiger partial charge in [-0.25, -0.2) is 0 Å². The third-order valence-electron chi connectivity index (χ3n) is 3.68. The molecule has 0 fully saturated rings. The Kier molecular flexibility index (Phi) is 5.47. The zero-order valence-electron chi connectivity index (χ0n) is 11.7. The molecule has 1 nitrogen and oxygen atoms in total. The van der Waals surface area contributed by atoms with Crippen molar-refractivity contribution in [2.24, 2.45) is 0 Å². The van der Waals surface area contributed by atoms with Gasteiger partial charge in [-0.1, -0.05) is 66.5 Å². The molecule has 0 bridgehead atoms. The van der Waals surface area contributed by atoms with Crippen LogP contribution in [0.1, 0.15) is 36.4 Å². The Bertz CT molecular complexity index is 554. The van der Waals surface area contributed by atoms with Crippen LogP contribution in [0.3, 0.4) is 0 Å². The van der Waals surface area contributed by atoms with Gasteiger partial charge >= 0.3 is 0 Å². The Morgan fingerprint density at radius 2 is 1.65 bits per heavy atom. The molecule has 3 heteroatoms. The van der Waals surface area contributed by atoms with Crippen LogP contribution in [0.15, 0.2) is 48.5 Å². The molecule has 106 valence electrons. The molecule has 0 spiro atoms. The molecule has 0 aromatic heterocycles. The van der Waals surface area contributed by atoms with Gasteiger partial charge in [0.15, 0.2) is 0 Å². The van der Waals surface area contributed by atoms with Crippen molar-refractivity contribution < 1.29 is 0 Å². The van der Waals surface area contributed by atoms with Crippen LogP contribution in [0.2, 0.25) is 10.0 Å². The molecule has 0 heterocycles. The molecular weight excluding hydrogens is 289 g/mol. The molecule has 0 aliphatic carbocycles. The summed E-state index contributed by atoms with van der Waals surface area (Å²) < 4.78 is 0. The highest BCUT2D eigenvalue weighted by atomic mass is 35.5. The first kappa shape index (κ1) is 15.4. The molecule has 1 N–H and O–H groups in total. The summed E-state index contributed by atoms with van der Waals surface area (Å²) >= 11 is 12.2. The summed E-state index contributed by atoms with van der Waals surface area (Å²) in [6, 6.07) is 16.6. The van der Waals surface area contributed by atoms with Crippen molar-refractivity contribution in [2.75, 3.05) is 7.05 Å². The maximum absolute atomic E-state index is 6.15. The SMILES string of the molecule is CCC(c1ccccc1)C(NC)c1ccc(Cl)c(Cl)c1. The van der Waals surface area contributed by atoms with Gasteiger partial charge in [0.1, 0.15) is 0 Å². The summed E-state index contributed by atoms with van der Waals surface area (Å²) in [7, 11) is 1.98. The molecule has 2 atom stereocenters. The fraction of sp³-hybridized carbons (Fsp3) is 0.294. The fourth-order valence-corrected chi connectivity index (χ4v) is 2.98. The van der Waals surface area contributed by atoms with Gasteiger partial charge in [-0.3, -0.25) is 0 Å². The fourth-order valence-electron chi connectivity index (χ4n) is 2.67. The van der Waals surface area contributed by atoms with Crippen LogP contribution in [-0.2, 0) is 0 Å². The lowest BCUT2D eigenvalue weighted by Crippen LogP contribution is -2.23. The van der Waals surface area contributed by atoms with E-state index in [1.807, 2.05) is 31.3 Å². The van der Waals surface area contributed by atoms with Crippen molar-refractivity contribution in [3.05, 3.63) is 69.7 Å². The molecule has 2 rings (SSSR count). The van der Waals surface area contributed by atoms with Crippen LogP contribution in [0, 0.1) is 0 Å². The van der Waals surface area contributed by atoms with Crippen LogP contribution < -0.4 is 5.32 Å². The Morgan fingerprint density at radius 1 is 0.950 bits per heavy atom. The van der Waals surface area contributed by atoms with E-state index < -0.39 is 0 Å². The van der Waals surface area contributed by atoms with Crippen LogP contribution >= 0.6 is 23.2 Å². The Labute approximate surface area is 130 Å². The quantitative estimate of drug-likeness (QED) is 0.774. The van der Waals surface area contributed by atoms with Gasteiger partial charge in [-0.05, 0) is 36.7 Å². The molecule has 2 unspecified atom stereocenters. The van der Waals surface area contributed by atoms with Gasteiger partial charge in [0.2, 0.25) is 0 Å². The van der Waals surface area contributed by atoms with E-state index in [9.17, 15) is 0 Å². The lowest BCUT2D eigenvalue weighted by atomic mass is 9.85. The zero-order valence-corrected chi connectivity index (χ0v) is 13.2. The molecule has 2 aromatic rings. The summed E-state index contributed by atoms with van der Waals surface area (Å²) in [5.74, 6) is 0.401. The maximum atomic E-state index is 6.15. The van der Waals surface area contributed by atoms with Crippen molar-refractivity contribution >= 4 is 23.2 Å². The van der Waals surface area contributed by atoms with Crippen LogP contribution in [0.5, 0.6) is 0 Å². The van der Waals surface area contributed by atoms with Gasteiger partial charge in [-0.2, -0.15) is 0 Å². The molecule has 0 radical (unpaired) electrons. The number of halogens is 2. The van der Waals surface area contributed by atoms with Gasteiger partial charge in [0, 0.05) is 12.0 Å². The Hall–Kier alpha value is -1.02. The highest BCUT2D eigenvalue weighted by Crippen LogP contribution is 2.35. The standard InChI is InChI=1S/C17H19Cl2N/c1-3-14(12-7-5-4-6-8-12)17(20-2)13-9-10-15(18)16(19)11-13/h4-11,14,17,20H,3H2,1-2H3. The number of rotatable bonds is 5. The molecule has 2 aromatic carbocycles. The van der Waals surface area contributed by atoms with E-state index in [0.717, 1.165) is 12.0 Å². The summed E-state index contributed by atoms with van der Waals surface area (Å²) in [5.41, 5.74) is 2.50. The monoisotopic (exact) mass is 307 g/mol. The minimum atomic E-state index is 0.220. The first-order valence-corrected chi connectivity index (χ1v) is 7.60. The molecule has 20 heavy (non-hydrogen) atoms. The predicted octanol–water partition coefficient (Wildman–Crippen LogP) is 5.45. The molecule has 0 saturated heterocycles. The van der Waals surface area contributed by atoms with Gasteiger partial charge in [-0.15, -0.1) is 0 Å². The van der Waals surface area contributed by atoms with E-state index in [0.29, 0.717) is 16.0 Å². The van der Waals surface area contributed by atoms with E-state index in [4.69, 9.17) is 23.2 Å². The number of nitrogens with one attached hydrogen (secondary N) is 1. The Balaban J connectivity index is 2.36. The first-order chi connectivity index (χ1) is 9.67. The molecular formula is C17H19Cl2N. The van der Waals surface area contributed by atoms with Crippen molar-refractivity contribution in [3.8, 4) is 0 Å². The topological polar surface area (TPSA) is 12.0 Å². The van der Waals surface area contributed by atoms with Crippen molar-refractivity contribution in [1.29, 1.82) is 0 Å². The summed E-state index contributed by atoms with van der Waals surface area (Å²) in [6.07, 6.45) is 1.05. The molecule has 0 saturated carbocycles. The highest BCUT2D eigenvalue weighted by molar-refractivity contribution is 6.42. The van der Waals surface area contributed by atoms with E-state index in [1.165, 1.54) is 5.56 Å². The van der Waals surface area contributed by atoms with E-state index >= 15 is 0 Å². The van der Waals surface area contributed by atoms with E-state index in [-0.39, 0.29) is 6.04 Å². The second-order valence-corrected chi connectivity index (χ2v) is 5.68. The smallest absolute Gasteiger partial charge is 0.0595 e. The van der Waals surface area contributed by atoms with Gasteiger partial charge in [0.05, 0.1) is 10.0 Å². The van der Waals surface area contributed by atoms with Crippen LogP contribution in [0.25, 0.3) is 0 Å². The normalized spacial score (nSPS) is 14.0. The highest BCUT2D eigenvalue weighted by Gasteiger charge is 2.22. The van der Waals surface area contributed by atoms with Crippen molar-refractivity contribution in [3.63, 3.8) is 0 Å². The average Bonchev–Trinajstić information content (AvgIpc) is 2.48. The number of likely N-dealkylation sites (N-methyl/N-ethyl adjacent to an activating group) is 1. The predicted molar refractivity (Wildman–Crippen MR) is 87.7 cm³/mol. The lowest BCUT2D eigenvalue weighted by Gasteiger charge is -2.27. The minimum Gasteiger partial charge on any atom is -0.312 e. The van der Waals surface area contributed by atoms with E-state index in [2.05, 4.69) is 36.5 Å². The summed E-state index contributed by atoms with van der Waals surface area (Å²) in [6.45, 7) is 2.21. The van der Waals surface area contributed by atoms with Gasteiger partial charge < -0.3 is 5.32 Å². The van der Waals surface area contributed by atoms with Gasteiger partial charge in [0.25, 0.3) is 0 Å². The second kappa shape index (κ2) is 7.12.